The first-order valence-corrected chi connectivity index (χ1v) is 5.99. The SMILES string of the molecule is C[C@H](N)C(=O)NCc1cnc2c(c1)c(Cl)cn2C. The van der Waals surface area contributed by atoms with Crippen LogP contribution in [-0.2, 0) is 18.4 Å². The van der Waals surface area contributed by atoms with Crippen molar-refractivity contribution in [2.75, 3.05) is 0 Å². The van der Waals surface area contributed by atoms with E-state index >= 15 is 0 Å². The normalized spacial score (nSPS) is 12.7. The molecule has 0 aliphatic rings. The Kier molecular flexibility index (Phi) is 3.54. The Labute approximate surface area is 110 Å². The highest BCUT2D eigenvalue weighted by Crippen LogP contribution is 2.24. The van der Waals surface area contributed by atoms with Crippen LogP contribution in [0.4, 0.5) is 0 Å². The summed E-state index contributed by atoms with van der Waals surface area (Å²) < 4.78 is 1.86. The molecule has 0 unspecified atom stereocenters. The Morgan fingerprint density at radius 3 is 3.06 bits per heavy atom. The number of nitrogens with two attached hydrogens (primary N) is 1. The first-order valence-electron chi connectivity index (χ1n) is 5.62. The van der Waals surface area contributed by atoms with E-state index in [1.165, 1.54) is 0 Å². The highest BCUT2D eigenvalue weighted by atomic mass is 35.5. The fourth-order valence-electron chi connectivity index (χ4n) is 1.71. The third-order valence-corrected chi connectivity index (χ3v) is 3.00. The van der Waals surface area contributed by atoms with Crippen molar-refractivity contribution in [2.24, 2.45) is 12.8 Å². The molecular formula is C12H15ClN4O. The molecule has 6 heteroatoms. The Balaban J connectivity index is 2.20. The predicted octanol–water partition coefficient (Wildman–Crippen LogP) is 1.19. The minimum Gasteiger partial charge on any atom is -0.351 e. The summed E-state index contributed by atoms with van der Waals surface area (Å²) in [7, 11) is 1.89. The number of nitrogens with one attached hydrogen (secondary N) is 1. The molecule has 3 N–H and O–H groups in total. The zero-order chi connectivity index (χ0) is 13.3. The molecule has 0 radical (unpaired) electrons. The summed E-state index contributed by atoms with van der Waals surface area (Å²) in [4.78, 5) is 15.7. The zero-order valence-electron chi connectivity index (χ0n) is 10.3. The molecule has 0 bridgehead atoms. The van der Waals surface area contributed by atoms with Crippen LogP contribution in [0.15, 0.2) is 18.5 Å². The number of carbonyl (C=O) groups excluding carboxylic acids is 1. The number of aromatic nitrogens is 2. The fraction of sp³-hybridized carbons (Fsp3) is 0.333. The number of hydrogen-bond donors (Lipinski definition) is 2. The van der Waals surface area contributed by atoms with Gasteiger partial charge in [0.15, 0.2) is 0 Å². The van der Waals surface area contributed by atoms with Gasteiger partial charge in [-0.25, -0.2) is 4.98 Å². The molecule has 0 aromatic carbocycles. The van der Waals surface area contributed by atoms with E-state index in [4.69, 9.17) is 17.3 Å². The number of fused-ring (bicyclic) bond motifs is 1. The Morgan fingerprint density at radius 1 is 1.67 bits per heavy atom. The van der Waals surface area contributed by atoms with Crippen LogP contribution in [0.5, 0.6) is 0 Å². The summed E-state index contributed by atoms with van der Waals surface area (Å²) in [5.41, 5.74) is 7.18. The average molecular weight is 267 g/mol. The van der Waals surface area contributed by atoms with Gasteiger partial charge in [0.2, 0.25) is 5.91 Å². The van der Waals surface area contributed by atoms with Crippen molar-refractivity contribution in [1.82, 2.24) is 14.9 Å². The van der Waals surface area contributed by atoms with Crippen LogP contribution in [-0.4, -0.2) is 21.5 Å². The van der Waals surface area contributed by atoms with E-state index in [0.29, 0.717) is 11.6 Å². The average Bonchev–Trinajstić information content (AvgIpc) is 2.61. The van der Waals surface area contributed by atoms with E-state index in [0.717, 1.165) is 16.6 Å². The lowest BCUT2D eigenvalue weighted by Gasteiger charge is -2.07. The number of amides is 1. The summed E-state index contributed by atoms with van der Waals surface area (Å²) >= 11 is 6.09. The molecule has 1 amide bonds. The monoisotopic (exact) mass is 266 g/mol. The van der Waals surface area contributed by atoms with Crippen LogP contribution in [0.1, 0.15) is 12.5 Å². The highest BCUT2D eigenvalue weighted by Gasteiger charge is 2.09. The first-order chi connectivity index (χ1) is 8.49. The predicted molar refractivity (Wildman–Crippen MR) is 71.2 cm³/mol. The number of halogens is 1. The van der Waals surface area contributed by atoms with E-state index in [1.807, 2.05) is 23.9 Å². The second kappa shape index (κ2) is 4.96. The lowest BCUT2D eigenvalue weighted by molar-refractivity contribution is -0.122. The summed E-state index contributed by atoms with van der Waals surface area (Å²) in [6.45, 7) is 2.04. The third-order valence-electron chi connectivity index (χ3n) is 2.70. The van der Waals surface area contributed by atoms with Crippen molar-refractivity contribution >= 4 is 28.5 Å². The molecule has 0 spiro atoms. The van der Waals surface area contributed by atoms with Gasteiger partial charge in [-0.15, -0.1) is 0 Å². The van der Waals surface area contributed by atoms with Crippen LogP contribution >= 0.6 is 11.6 Å². The highest BCUT2D eigenvalue weighted by molar-refractivity contribution is 6.35. The van der Waals surface area contributed by atoms with Crippen molar-refractivity contribution in [3.05, 3.63) is 29.0 Å². The molecule has 0 saturated carbocycles. The quantitative estimate of drug-likeness (QED) is 0.877. The molecule has 2 aromatic heterocycles. The van der Waals surface area contributed by atoms with Crippen LogP contribution in [0.25, 0.3) is 11.0 Å². The van der Waals surface area contributed by atoms with Crippen molar-refractivity contribution in [2.45, 2.75) is 19.5 Å². The Hall–Kier alpha value is -1.59. The molecule has 18 heavy (non-hydrogen) atoms. The van der Waals surface area contributed by atoms with E-state index < -0.39 is 6.04 Å². The van der Waals surface area contributed by atoms with Crippen molar-refractivity contribution < 1.29 is 4.79 Å². The van der Waals surface area contributed by atoms with Gasteiger partial charge in [0.25, 0.3) is 0 Å². The van der Waals surface area contributed by atoms with Gasteiger partial charge >= 0.3 is 0 Å². The largest absolute Gasteiger partial charge is 0.351 e. The van der Waals surface area contributed by atoms with Gasteiger partial charge in [-0.1, -0.05) is 11.6 Å². The van der Waals surface area contributed by atoms with Gasteiger partial charge < -0.3 is 15.6 Å². The zero-order valence-corrected chi connectivity index (χ0v) is 11.0. The van der Waals surface area contributed by atoms with Crippen molar-refractivity contribution in [3.8, 4) is 0 Å². The molecule has 96 valence electrons. The van der Waals surface area contributed by atoms with E-state index in [9.17, 15) is 4.79 Å². The molecule has 5 nitrogen and oxygen atoms in total. The van der Waals surface area contributed by atoms with Crippen LogP contribution in [0.3, 0.4) is 0 Å². The maximum Gasteiger partial charge on any atom is 0.236 e. The van der Waals surface area contributed by atoms with Crippen LogP contribution in [0, 0.1) is 0 Å². The van der Waals surface area contributed by atoms with Crippen molar-refractivity contribution in [3.63, 3.8) is 0 Å². The molecule has 0 aliphatic heterocycles. The maximum absolute atomic E-state index is 11.4. The minimum atomic E-state index is -0.512. The van der Waals surface area contributed by atoms with Gasteiger partial charge in [-0.2, -0.15) is 0 Å². The maximum atomic E-state index is 11.4. The third kappa shape index (κ3) is 2.47. The lowest BCUT2D eigenvalue weighted by atomic mass is 10.2. The summed E-state index contributed by atoms with van der Waals surface area (Å²) in [5, 5.41) is 4.27. The van der Waals surface area contributed by atoms with Crippen LogP contribution in [0.2, 0.25) is 5.02 Å². The van der Waals surface area contributed by atoms with E-state index in [-0.39, 0.29) is 5.91 Å². The van der Waals surface area contributed by atoms with E-state index in [1.54, 1.807) is 13.1 Å². The van der Waals surface area contributed by atoms with Gasteiger partial charge in [0.05, 0.1) is 11.1 Å². The molecule has 0 aliphatic carbocycles. The Bertz CT molecular complexity index is 591. The molecule has 2 aromatic rings. The number of hydrogen-bond acceptors (Lipinski definition) is 3. The number of nitrogens with zero attached hydrogens (tertiary/aromatic N) is 2. The smallest absolute Gasteiger partial charge is 0.236 e. The van der Waals surface area contributed by atoms with Crippen molar-refractivity contribution in [1.29, 1.82) is 0 Å². The molecule has 1 atom stereocenters. The number of carbonyl (C=O) groups is 1. The fourth-order valence-corrected chi connectivity index (χ4v) is 1.99. The second-order valence-corrected chi connectivity index (χ2v) is 4.72. The molecule has 2 heterocycles. The molecule has 0 fully saturated rings. The first kappa shape index (κ1) is 12.9. The van der Waals surface area contributed by atoms with Crippen LogP contribution < -0.4 is 11.1 Å². The molecular weight excluding hydrogens is 252 g/mol. The molecule has 0 saturated heterocycles. The lowest BCUT2D eigenvalue weighted by Crippen LogP contribution is -2.37. The van der Waals surface area contributed by atoms with Gasteiger partial charge in [0, 0.05) is 31.4 Å². The number of rotatable bonds is 3. The number of aryl methyl sites for hydroxylation is 1. The van der Waals surface area contributed by atoms with Gasteiger partial charge in [-0.3, -0.25) is 4.79 Å². The van der Waals surface area contributed by atoms with Gasteiger partial charge in [-0.05, 0) is 18.6 Å². The van der Waals surface area contributed by atoms with Gasteiger partial charge in [0.1, 0.15) is 5.65 Å². The topological polar surface area (TPSA) is 72.9 Å². The Morgan fingerprint density at radius 2 is 2.39 bits per heavy atom. The number of pyridine rings is 1. The van der Waals surface area contributed by atoms with E-state index in [2.05, 4.69) is 10.3 Å². The second-order valence-electron chi connectivity index (χ2n) is 4.31. The standard InChI is InChI=1S/C12H15ClN4O/c1-7(14)12(18)16-5-8-3-9-10(13)6-17(2)11(9)15-4-8/h3-4,6-7H,5,14H2,1-2H3,(H,16,18)/t7-/m0/s1. The summed E-state index contributed by atoms with van der Waals surface area (Å²) in [6.07, 6.45) is 3.53. The minimum absolute atomic E-state index is 0.186. The summed E-state index contributed by atoms with van der Waals surface area (Å²) in [6, 6.07) is 1.41. The summed E-state index contributed by atoms with van der Waals surface area (Å²) in [5.74, 6) is -0.186. The molecule has 2 rings (SSSR count).